The molecule has 0 aliphatic heterocycles. The van der Waals surface area contributed by atoms with Gasteiger partial charge in [0.2, 0.25) is 0 Å². The van der Waals surface area contributed by atoms with Crippen LogP contribution in [0.2, 0.25) is 0 Å². The number of hydrogen-bond donors (Lipinski definition) is 1. The van der Waals surface area contributed by atoms with Crippen LogP contribution in [0, 0.1) is 26.7 Å². The smallest absolute Gasteiger partial charge is 0.0195 e. The normalized spacial score (nSPS) is 28.2. The molecule has 106 valence electrons. The molecular weight excluding hydrogens is 230 g/mol. The third kappa shape index (κ3) is 3.60. The first-order valence-corrected chi connectivity index (χ1v) is 7.75. The molecule has 2 N–H and O–H groups in total. The quantitative estimate of drug-likeness (QED) is 0.780. The van der Waals surface area contributed by atoms with Crippen LogP contribution in [0.1, 0.15) is 61.3 Å². The molecule has 0 radical (unpaired) electrons. The summed E-state index contributed by atoms with van der Waals surface area (Å²) in [5.74, 6) is 0.852. The summed E-state index contributed by atoms with van der Waals surface area (Å²) in [7, 11) is 0. The fourth-order valence-corrected chi connectivity index (χ4v) is 3.62. The molecular formula is C18H29N. The van der Waals surface area contributed by atoms with E-state index in [4.69, 9.17) is 5.73 Å². The van der Waals surface area contributed by atoms with Gasteiger partial charge in [0, 0.05) is 5.54 Å². The molecule has 1 aliphatic carbocycles. The fraction of sp³-hybridized carbons (Fsp3) is 0.667. The minimum absolute atomic E-state index is 0.0234. The van der Waals surface area contributed by atoms with Gasteiger partial charge < -0.3 is 5.73 Å². The average Bonchev–Trinajstić information content (AvgIpc) is 2.47. The number of aryl methyl sites for hydroxylation is 3. The monoisotopic (exact) mass is 259 g/mol. The molecule has 0 heterocycles. The van der Waals surface area contributed by atoms with E-state index in [1.54, 1.807) is 0 Å². The zero-order chi connectivity index (χ0) is 14.0. The summed E-state index contributed by atoms with van der Waals surface area (Å²) in [6.45, 7) is 9.01. The Kier molecular flexibility index (Phi) is 4.35. The SMILES string of the molecule is Cc1cc(C)c(CC2(N)CCCC(C)CC2)c(C)c1. The van der Waals surface area contributed by atoms with E-state index in [1.165, 1.54) is 54.4 Å². The highest BCUT2D eigenvalue weighted by Crippen LogP contribution is 2.32. The molecule has 2 rings (SSSR count). The maximum absolute atomic E-state index is 6.73. The van der Waals surface area contributed by atoms with E-state index in [1.807, 2.05) is 0 Å². The Bertz CT molecular complexity index is 426. The Balaban J connectivity index is 2.20. The van der Waals surface area contributed by atoms with Gasteiger partial charge in [0.15, 0.2) is 0 Å². The van der Waals surface area contributed by atoms with Gasteiger partial charge in [0.1, 0.15) is 0 Å². The van der Waals surface area contributed by atoms with Crippen LogP contribution in [0.25, 0.3) is 0 Å². The van der Waals surface area contributed by atoms with Gasteiger partial charge in [0.05, 0.1) is 0 Å². The molecule has 19 heavy (non-hydrogen) atoms. The van der Waals surface area contributed by atoms with Crippen LogP contribution in [-0.2, 0) is 6.42 Å². The Labute approximate surface area is 118 Å². The fourth-order valence-electron chi connectivity index (χ4n) is 3.62. The van der Waals surface area contributed by atoms with E-state index in [0.29, 0.717) is 0 Å². The van der Waals surface area contributed by atoms with Crippen LogP contribution >= 0.6 is 0 Å². The van der Waals surface area contributed by atoms with Crippen molar-refractivity contribution >= 4 is 0 Å². The van der Waals surface area contributed by atoms with Gasteiger partial charge in [-0.05, 0) is 69.1 Å². The maximum Gasteiger partial charge on any atom is 0.0195 e. The molecule has 0 saturated heterocycles. The van der Waals surface area contributed by atoms with Crippen LogP contribution in [0.15, 0.2) is 12.1 Å². The van der Waals surface area contributed by atoms with E-state index in [9.17, 15) is 0 Å². The molecule has 1 heteroatoms. The van der Waals surface area contributed by atoms with Crippen molar-refractivity contribution in [3.8, 4) is 0 Å². The molecule has 1 fully saturated rings. The summed E-state index contributed by atoms with van der Waals surface area (Å²) in [6, 6.07) is 4.59. The average molecular weight is 259 g/mol. The third-order valence-electron chi connectivity index (χ3n) is 4.88. The first-order valence-electron chi connectivity index (χ1n) is 7.75. The second-order valence-corrected chi connectivity index (χ2v) is 6.95. The summed E-state index contributed by atoms with van der Waals surface area (Å²) in [5.41, 5.74) is 12.4. The van der Waals surface area contributed by atoms with Crippen molar-refractivity contribution in [2.24, 2.45) is 11.7 Å². The standard InChI is InChI=1S/C18H29N/c1-13-6-5-8-18(19,9-7-13)12-17-15(3)10-14(2)11-16(17)4/h10-11,13H,5-9,12,19H2,1-4H3. The molecule has 1 aromatic carbocycles. The zero-order valence-electron chi connectivity index (χ0n) is 13.1. The third-order valence-corrected chi connectivity index (χ3v) is 4.88. The maximum atomic E-state index is 6.73. The number of benzene rings is 1. The van der Waals surface area contributed by atoms with Gasteiger partial charge in [-0.3, -0.25) is 0 Å². The molecule has 1 nitrogen and oxygen atoms in total. The molecule has 1 aliphatic rings. The van der Waals surface area contributed by atoms with E-state index in [-0.39, 0.29) is 5.54 Å². The second kappa shape index (κ2) is 5.66. The highest BCUT2D eigenvalue weighted by Gasteiger charge is 2.29. The van der Waals surface area contributed by atoms with E-state index >= 15 is 0 Å². The van der Waals surface area contributed by atoms with Gasteiger partial charge in [-0.25, -0.2) is 0 Å². The van der Waals surface area contributed by atoms with Crippen molar-refractivity contribution in [3.05, 3.63) is 34.4 Å². The molecule has 2 atom stereocenters. The Morgan fingerprint density at radius 1 is 1.11 bits per heavy atom. The molecule has 0 spiro atoms. The van der Waals surface area contributed by atoms with Crippen molar-refractivity contribution in [2.45, 2.75) is 71.8 Å². The summed E-state index contributed by atoms with van der Waals surface area (Å²) in [6.07, 6.45) is 7.36. The van der Waals surface area contributed by atoms with Crippen molar-refractivity contribution in [1.29, 1.82) is 0 Å². The van der Waals surface area contributed by atoms with E-state index < -0.39 is 0 Å². The largest absolute Gasteiger partial charge is 0.325 e. The molecule has 0 aromatic heterocycles. The summed E-state index contributed by atoms with van der Waals surface area (Å²) in [5, 5.41) is 0. The van der Waals surface area contributed by atoms with Gasteiger partial charge >= 0.3 is 0 Å². The predicted octanol–water partition coefficient (Wildman–Crippen LogP) is 4.45. The summed E-state index contributed by atoms with van der Waals surface area (Å²) >= 11 is 0. The molecule has 0 bridgehead atoms. The Hall–Kier alpha value is -0.820. The van der Waals surface area contributed by atoms with Crippen LogP contribution < -0.4 is 5.73 Å². The minimum Gasteiger partial charge on any atom is -0.325 e. The van der Waals surface area contributed by atoms with Gasteiger partial charge in [-0.2, -0.15) is 0 Å². The number of hydrogen-bond acceptors (Lipinski definition) is 1. The second-order valence-electron chi connectivity index (χ2n) is 6.95. The molecule has 2 unspecified atom stereocenters. The lowest BCUT2D eigenvalue weighted by Gasteiger charge is -2.30. The first kappa shape index (κ1) is 14.6. The zero-order valence-corrected chi connectivity index (χ0v) is 13.1. The first-order chi connectivity index (χ1) is 8.89. The van der Waals surface area contributed by atoms with E-state index in [2.05, 4.69) is 39.8 Å². The predicted molar refractivity (Wildman–Crippen MR) is 83.5 cm³/mol. The Morgan fingerprint density at radius 2 is 1.74 bits per heavy atom. The van der Waals surface area contributed by atoms with Gasteiger partial charge in [0.25, 0.3) is 0 Å². The highest BCUT2D eigenvalue weighted by molar-refractivity contribution is 5.38. The van der Waals surface area contributed by atoms with Crippen LogP contribution in [-0.4, -0.2) is 5.54 Å². The van der Waals surface area contributed by atoms with Crippen LogP contribution in [0.4, 0.5) is 0 Å². The van der Waals surface area contributed by atoms with E-state index in [0.717, 1.165) is 12.3 Å². The van der Waals surface area contributed by atoms with Crippen molar-refractivity contribution < 1.29 is 0 Å². The van der Waals surface area contributed by atoms with Crippen molar-refractivity contribution in [1.82, 2.24) is 0 Å². The molecule has 1 saturated carbocycles. The molecule has 1 aromatic rings. The molecule has 0 amide bonds. The van der Waals surface area contributed by atoms with Crippen LogP contribution in [0.5, 0.6) is 0 Å². The number of nitrogens with two attached hydrogens (primary N) is 1. The highest BCUT2D eigenvalue weighted by atomic mass is 14.7. The summed E-state index contributed by atoms with van der Waals surface area (Å²) in [4.78, 5) is 0. The van der Waals surface area contributed by atoms with Crippen molar-refractivity contribution in [3.63, 3.8) is 0 Å². The summed E-state index contributed by atoms with van der Waals surface area (Å²) < 4.78 is 0. The lowest BCUT2D eigenvalue weighted by molar-refractivity contribution is 0.362. The topological polar surface area (TPSA) is 26.0 Å². The van der Waals surface area contributed by atoms with Crippen molar-refractivity contribution in [2.75, 3.05) is 0 Å². The lowest BCUT2D eigenvalue weighted by atomic mass is 9.81. The number of rotatable bonds is 2. The van der Waals surface area contributed by atoms with Gasteiger partial charge in [-0.15, -0.1) is 0 Å². The minimum atomic E-state index is 0.0234. The lowest BCUT2D eigenvalue weighted by Crippen LogP contribution is -2.42. The Morgan fingerprint density at radius 3 is 2.37 bits per heavy atom. The van der Waals surface area contributed by atoms with Gasteiger partial charge in [-0.1, -0.05) is 37.5 Å². The van der Waals surface area contributed by atoms with Crippen LogP contribution in [0.3, 0.4) is 0 Å².